The maximum Gasteiger partial charge on any atom is 0.306 e. The fourth-order valence-electron chi connectivity index (χ4n) is 4.20. The third kappa shape index (κ3) is 31.4. The van der Waals surface area contributed by atoms with Crippen LogP contribution in [0.2, 0.25) is 0 Å². The van der Waals surface area contributed by atoms with E-state index in [9.17, 15) is 4.79 Å². The van der Waals surface area contributed by atoms with Gasteiger partial charge in [-0.05, 0) is 6.42 Å². The van der Waals surface area contributed by atoms with Gasteiger partial charge in [0.1, 0.15) is 0 Å². The molecule has 0 aromatic carbocycles. The highest BCUT2D eigenvalue weighted by Crippen LogP contribution is 2.14. The number of aliphatic hydroxyl groups excluding tert-OH is 1. The maximum atomic E-state index is 11.1. The zero-order chi connectivity index (χ0) is 27.8. The van der Waals surface area contributed by atoms with Crippen molar-refractivity contribution in [2.24, 2.45) is 0 Å². The van der Waals surface area contributed by atoms with E-state index >= 15 is 0 Å². The summed E-state index contributed by atoms with van der Waals surface area (Å²) in [5, 5.41) is 17.7. The van der Waals surface area contributed by atoms with Gasteiger partial charge in [-0.1, -0.05) is 103 Å². The van der Waals surface area contributed by atoms with Crippen LogP contribution in [0.5, 0.6) is 0 Å². The molecule has 0 saturated carbocycles. The van der Waals surface area contributed by atoms with Crippen LogP contribution in [0, 0.1) is 0 Å². The lowest BCUT2D eigenvalue weighted by molar-refractivity contribution is -0.141. The number of carboxylic acids is 1. The Kier molecular flexibility index (Phi) is 31.8. The van der Waals surface area contributed by atoms with Crippen LogP contribution in [-0.2, 0) is 28.5 Å². The minimum atomic E-state index is -0.873. The Hall–Kier alpha value is -0.770. The molecule has 8 nitrogen and oxygen atoms in total. The molecule has 0 heterocycles. The molecule has 228 valence electrons. The van der Waals surface area contributed by atoms with Crippen LogP contribution in [0.1, 0.15) is 116 Å². The molecule has 0 spiro atoms. The normalized spacial score (nSPS) is 12.3. The van der Waals surface area contributed by atoms with Crippen molar-refractivity contribution in [1.29, 1.82) is 0 Å². The Bertz CT molecular complexity index is 464. The molecule has 1 unspecified atom stereocenters. The monoisotopic (exact) mass is 548 g/mol. The van der Waals surface area contributed by atoms with E-state index in [1.165, 1.54) is 89.9 Å². The minimum Gasteiger partial charge on any atom is -0.481 e. The van der Waals surface area contributed by atoms with E-state index in [0.717, 1.165) is 12.8 Å². The zero-order valence-electron chi connectivity index (χ0n) is 24.5. The van der Waals surface area contributed by atoms with Gasteiger partial charge in [-0.25, -0.2) is 0 Å². The van der Waals surface area contributed by atoms with Gasteiger partial charge in [0.05, 0.1) is 72.0 Å². The summed E-state index contributed by atoms with van der Waals surface area (Å²) in [4.78, 5) is 11.1. The first-order valence-corrected chi connectivity index (χ1v) is 15.5. The van der Waals surface area contributed by atoms with Crippen molar-refractivity contribution in [2.45, 2.75) is 122 Å². The van der Waals surface area contributed by atoms with Crippen molar-refractivity contribution in [3.8, 4) is 0 Å². The average molecular weight is 549 g/mol. The van der Waals surface area contributed by atoms with Gasteiger partial charge in [0.15, 0.2) is 0 Å². The molecule has 8 heteroatoms. The van der Waals surface area contributed by atoms with Gasteiger partial charge >= 0.3 is 5.97 Å². The summed E-state index contributed by atoms with van der Waals surface area (Å²) >= 11 is 0. The van der Waals surface area contributed by atoms with Crippen LogP contribution in [-0.4, -0.2) is 88.4 Å². The quantitative estimate of drug-likeness (QED) is 0.0939. The van der Waals surface area contributed by atoms with E-state index in [0.29, 0.717) is 52.9 Å². The number of carbonyl (C=O) groups is 1. The lowest BCUT2D eigenvalue weighted by Crippen LogP contribution is -2.25. The van der Waals surface area contributed by atoms with Gasteiger partial charge in [0.2, 0.25) is 0 Å². The first kappa shape index (κ1) is 37.2. The Balaban J connectivity index is 3.47. The van der Waals surface area contributed by atoms with E-state index in [-0.39, 0.29) is 19.6 Å². The van der Waals surface area contributed by atoms with Crippen LogP contribution in [0.3, 0.4) is 0 Å². The van der Waals surface area contributed by atoms with E-state index in [1.807, 2.05) is 0 Å². The van der Waals surface area contributed by atoms with Crippen LogP contribution >= 0.6 is 0 Å². The standard InChI is InChI=1S/C30H60O8/c1-2-3-4-5-6-7-8-9-10-11-12-13-14-15-16-17-19-38-29(27-30(32)33)28-37-26-25-36-24-23-35-22-21-34-20-18-31/h29,31H,2-28H2,1H3,(H,32,33). The summed E-state index contributed by atoms with van der Waals surface area (Å²) in [6, 6.07) is 0. The lowest BCUT2D eigenvalue weighted by atomic mass is 10.0. The van der Waals surface area contributed by atoms with Crippen molar-refractivity contribution >= 4 is 5.97 Å². The van der Waals surface area contributed by atoms with Crippen LogP contribution < -0.4 is 0 Å². The summed E-state index contributed by atoms with van der Waals surface area (Å²) in [5.41, 5.74) is 0. The molecule has 2 N–H and O–H groups in total. The van der Waals surface area contributed by atoms with Gasteiger partial charge in [-0.3, -0.25) is 4.79 Å². The maximum absolute atomic E-state index is 11.1. The molecule has 0 saturated heterocycles. The number of ether oxygens (including phenoxy) is 5. The second-order valence-electron chi connectivity index (χ2n) is 10.0. The van der Waals surface area contributed by atoms with Crippen molar-refractivity contribution in [2.75, 3.05) is 66.1 Å². The Morgan fingerprint density at radius 2 is 0.947 bits per heavy atom. The highest BCUT2D eigenvalue weighted by molar-refractivity contribution is 5.67. The molecule has 0 bridgehead atoms. The first-order chi connectivity index (χ1) is 18.7. The summed E-state index contributed by atoms with van der Waals surface area (Å²) in [5.74, 6) is -0.873. The number of unbranched alkanes of at least 4 members (excludes halogenated alkanes) is 15. The molecular weight excluding hydrogens is 488 g/mol. The van der Waals surface area contributed by atoms with Crippen molar-refractivity contribution < 1.29 is 38.7 Å². The second kappa shape index (κ2) is 32.4. The number of hydrogen-bond acceptors (Lipinski definition) is 7. The molecule has 0 aromatic heterocycles. The van der Waals surface area contributed by atoms with Crippen molar-refractivity contribution in [3.63, 3.8) is 0 Å². The van der Waals surface area contributed by atoms with Crippen LogP contribution in [0.15, 0.2) is 0 Å². The summed E-state index contributed by atoms with van der Waals surface area (Å²) in [6.07, 6.45) is 20.8. The van der Waals surface area contributed by atoms with Gasteiger partial charge in [-0.15, -0.1) is 0 Å². The Labute approximate surface area is 233 Å². The number of aliphatic carboxylic acids is 1. The summed E-state index contributed by atoms with van der Waals surface area (Å²) in [6.45, 7) is 6.09. The largest absolute Gasteiger partial charge is 0.481 e. The molecule has 0 aliphatic carbocycles. The number of rotatable bonds is 33. The van der Waals surface area contributed by atoms with Crippen molar-refractivity contribution in [3.05, 3.63) is 0 Å². The highest BCUT2D eigenvalue weighted by atomic mass is 16.6. The first-order valence-electron chi connectivity index (χ1n) is 15.5. The highest BCUT2D eigenvalue weighted by Gasteiger charge is 2.14. The zero-order valence-corrected chi connectivity index (χ0v) is 24.5. The van der Waals surface area contributed by atoms with E-state index < -0.39 is 12.1 Å². The topological polar surface area (TPSA) is 104 Å². The third-order valence-electron chi connectivity index (χ3n) is 6.41. The molecular formula is C30H60O8. The van der Waals surface area contributed by atoms with Gasteiger partial charge in [-0.2, -0.15) is 0 Å². The molecule has 0 fully saturated rings. The van der Waals surface area contributed by atoms with E-state index in [4.69, 9.17) is 33.9 Å². The average Bonchev–Trinajstić information content (AvgIpc) is 2.90. The smallest absolute Gasteiger partial charge is 0.306 e. The fourth-order valence-corrected chi connectivity index (χ4v) is 4.20. The Morgan fingerprint density at radius 3 is 1.37 bits per heavy atom. The fraction of sp³-hybridized carbons (Fsp3) is 0.967. The molecule has 1 atom stereocenters. The van der Waals surface area contributed by atoms with Gasteiger partial charge in [0, 0.05) is 6.61 Å². The second-order valence-corrected chi connectivity index (χ2v) is 10.0. The molecule has 0 aromatic rings. The third-order valence-corrected chi connectivity index (χ3v) is 6.41. The molecule has 0 aliphatic rings. The SMILES string of the molecule is CCCCCCCCCCCCCCCCCCOC(COCCOCCOCCOCCO)CC(=O)O. The molecule has 0 rings (SSSR count). The number of aliphatic hydroxyl groups is 1. The molecule has 0 amide bonds. The molecule has 0 radical (unpaired) electrons. The molecule has 0 aliphatic heterocycles. The lowest BCUT2D eigenvalue weighted by Gasteiger charge is -2.16. The predicted octanol–water partition coefficient (Wildman–Crippen LogP) is 6.17. The number of hydrogen-bond donors (Lipinski definition) is 2. The minimum absolute atomic E-state index is 0.0149. The predicted molar refractivity (Wildman–Crippen MR) is 152 cm³/mol. The Morgan fingerprint density at radius 1 is 0.553 bits per heavy atom. The molecule has 38 heavy (non-hydrogen) atoms. The van der Waals surface area contributed by atoms with E-state index in [2.05, 4.69) is 6.92 Å². The van der Waals surface area contributed by atoms with Gasteiger partial charge in [0.25, 0.3) is 0 Å². The van der Waals surface area contributed by atoms with Crippen LogP contribution in [0.4, 0.5) is 0 Å². The van der Waals surface area contributed by atoms with Gasteiger partial charge < -0.3 is 33.9 Å². The summed E-state index contributed by atoms with van der Waals surface area (Å²) in [7, 11) is 0. The van der Waals surface area contributed by atoms with Crippen molar-refractivity contribution in [1.82, 2.24) is 0 Å². The summed E-state index contributed by atoms with van der Waals surface area (Å²) < 4.78 is 27.2. The number of carboxylic acid groups (broad SMARTS) is 1. The van der Waals surface area contributed by atoms with Crippen LogP contribution in [0.25, 0.3) is 0 Å². The van der Waals surface area contributed by atoms with E-state index in [1.54, 1.807) is 0 Å².